The summed E-state index contributed by atoms with van der Waals surface area (Å²) in [6.45, 7) is 20.1. The zero-order valence-electron chi connectivity index (χ0n) is 22.9. The normalized spacial score (nSPS) is 15.6. The number of likely N-dealkylation sites (N-methyl/N-ethyl adjacent to an activating group) is 1. The summed E-state index contributed by atoms with van der Waals surface area (Å²) >= 11 is 0. The fraction of sp³-hybridized carbons (Fsp3) is 0.500. The lowest BCUT2D eigenvalue weighted by Crippen LogP contribution is -2.47. The average Bonchev–Trinajstić information content (AvgIpc) is 3.20. The second-order valence-electron chi connectivity index (χ2n) is 10.3. The molecule has 1 aliphatic rings. The van der Waals surface area contributed by atoms with Crippen molar-refractivity contribution in [2.75, 3.05) is 37.6 Å². The lowest BCUT2D eigenvalue weighted by molar-refractivity contribution is 0.185. The zero-order chi connectivity index (χ0) is 25.8. The second-order valence-corrected chi connectivity index (χ2v) is 10.3. The lowest BCUT2D eigenvalue weighted by atomic mass is 10.0. The molecule has 1 atom stereocenters. The van der Waals surface area contributed by atoms with Gasteiger partial charge in [0, 0.05) is 50.9 Å². The molecule has 0 saturated carbocycles. The standard InChI is InChI=1S/C30H42FN5/c1-7-24(5)35(20-26-10-9-22(3)19-23(26)4)21-29-25(6)32-36(28-13-11-27(31)12-14-28)30(29)34-17-15-33(8-2)16-18-34/h9-14,19,24H,7-8,15-18,20-21H2,1-6H3/t24-/m1/s1. The molecule has 0 spiro atoms. The minimum atomic E-state index is -0.225. The summed E-state index contributed by atoms with van der Waals surface area (Å²) in [4.78, 5) is 7.56. The highest BCUT2D eigenvalue weighted by molar-refractivity contribution is 5.56. The number of aromatic nitrogens is 2. The molecule has 36 heavy (non-hydrogen) atoms. The van der Waals surface area contributed by atoms with Crippen LogP contribution in [-0.4, -0.2) is 58.3 Å². The maximum Gasteiger partial charge on any atom is 0.137 e. The van der Waals surface area contributed by atoms with Gasteiger partial charge < -0.3 is 9.80 Å². The van der Waals surface area contributed by atoms with E-state index in [4.69, 9.17) is 5.10 Å². The fourth-order valence-electron chi connectivity index (χ4n) is 5.17. The van der Waals surface area contributed by atoms with Crippen LogP contribution in [0.2, 0.25) is 0 Å². The topological polar surface area (TPSA) is 27.5 Å². The van der Waals surface area contributed by atoms with Gasteiger partial charge in [-0.1, -0.05) is 37.6 Å². The average molecular weight is 492 g/mol. The van der Waals surface area contributed by atoms with E-state index in [0.717, 1.165) is 69.4 Å². The second kappa shape index (κ2) is 11.6. The van der Waals surface area contributed by atoms with Crippen LogP contribution in [0.5, 0.6) is 0 Å². The van der Waals surface area contributed by atoms with E-state index in [1.54, 1.807) is 0 Å². The number of hydrogen-bond acceptors (Lipinski definition) is 4. The first kappa shape index (κ1) is 26.4. The third kappa shape index (κ3) is 5.81. The molecule has 0 N–H and O–H groups in total. The molecule has 1 aromatic heterocycles. The predicted molar refractivity (Wildman–Crippen MR) is 148 cm³/mol. The van der Waals surface area contributed by atoms with Gasteiger partial charge in [0.25, 0.3) is 0 Å². The highest BCUT2D eigenvalue weighted by atomic mass is 19.1. The monoisotopic (exact) mass is 491 g/mol. The molecule has 0 aliphatic carbocycles. The Kier molecular flexibility index (Phi) is 8.47. The van der Waals surface area contributed by atoms with Crippen LogP contribution < -0.4 is 4.90 Å². The van der Waals surface area contributed by atoms with Crippen molar-refractivity contribution in [3.63, 3.8) is 0 Å². The van der Waals surface area contributed by atoms with Crippen LogP contribution in [0.15, 0.2) is 42.5 Å². The van der Waals surface area contributed by atoms with E-state index in [9.17, 15) is 4.39 Å². The number of aryl methyl sites for hydroxylation is 3. The van der Waals surface area contributed by atoms with Crippen molar-refractivity contribution < 1.29 is 4.39 Å². The first-order valence-corrected chi connectivity index (χ1v) is 13.4. The lowest BCUT2D eigenvalue weighted by Gasteiger charge is -2.37. The Balaban J connectivity index is 1.73. The number of nitrogens with zero attached hydrogens (tertiary/aromatic N) is 5. The van der Waals surface area contributed by atoms with Crippen molar-refractivity contribution in [3.8, 4) is 5.69 Å². The van der Waals surface area contributed by atoms with Crippen LogP contribution in [0.3, 0.4) is 0 Å². The van der Waals surface area contributed by atoms with Crippen molar-refractivity contribution in [1.29, 1.82) is 0 Å². The van der Waals surface area contributed by atoms with E-state index in [1.807, 2.05) is 16.8 Å². The Bertz CT molecular complexity index is 1140. The van der Waals surface area contributed by atoms with Gasteiger partial charge in [0.05, 0.1) is 11.4 Å². The number of benzene rings is 2. The first-order valence-electron chi connectivity index (χ1n) is 13.4. The van der Waals surface area contributed by atoms with E-state index in [0.29, 0.717) is 6.04 Å². The summed E-state index contributed by atoms with van der Waals surface area (Å²) in [5.41, 5.74) is 7.25. The molecule has 194 valence electrons. The third-order valence-electron chi connectivity index (χ3n) is 7.79. The van der Waals surface area contributed by atoms with E-state index in [1.165, 1.54) is 34.4 Å². The maximum atomic E-state index is 13.7. The summed E-state index contributed by atoms with van der Waals surface area (Å²) in [6, 6.07) is 13.9. The highest BCUT2D eigenvalue weighted by Gasteiger charge is 2.27. The molecule has 0 unspecified atom stereocenters. The SMILES string of the molecule is CC[C@@H](C)N(Cc1ccc(C)cc1C)Cc1c(C)nn(-c2ccc(F)cc2)c1N1CCN(CC)CC1. The molecule has 1 aliphatic heterocycles. The Morgan fingerprint density at radius 3 is 2.25 bits per heavy atom. The van der Waals surface area contributed by atoms with E-state index in [2.05, 4.69) is 74.4 Å². The summed E-state index contributed by atoms with van der Waals surface area (Å²) < 4.78 is 15.8. The van der Waals surface area contributed by atoms with Gasteiger partial charge >= 0.3 is 0 Å². The van der Waals surface area contributed by atoms with Crippen LogP contribution in [0.4, 0.5) is 10.2 Å². The molecular weight excluding hydrogens is 449 g/mol. The van der Waals surface area contributed by atoms with Crippen molar-refractivity contribution in [1.82, 2.24) is 19.6 Å². The number of hydrogen-bond donors (Lipinski definition) is 0. The van der Waals surface area contributed by atoms with E-state index in [-0.39, 0.29) is 5.82 Å². The Morgan fingerprint density at radius 2 is 1.64 bits per heavy atom. The summed E-state index contributed by atoms with van der Waals surface area (Å²) in [6.07, 6.45) is 1.08. The van der Waals surface area contributed by atoms with E-state index >= 15 is 0 Å². The molecule has 0 bridgehead atoms. The Labute approximate surface area is 216 Å². The molecule has 1 fully saturated rings. The Hall–Kier alpha value is -2.70. The van der Waals surface area contributed by atoms with Gasteiger partial charge in [-0.05, 0) is 76.1 Å². The van der Waals surface area contributed by atoms with Gasteiger partial charge in [0.2, 0.25) is 0 Å². The van der Waals surface area contributed by atoms with Gasteiger partial charge in [-0.15, -0.1) is 0 Å². The molecule has 6 heteroatoms. The number of piperazine rings is 1. The predicted octanol–water partition coefficient (Wildman–Crippen LogP) is 5.88. The first-order chi connectivity index (χ1) is 17.3. The largest absolute Gasteiger partial charge is 0.354 e. The molecule has 4 rings (SSSR count). The van der Waals surface area contributed by atoms with Crippen LogP contribution in [0.1, 0.15) is 55.1 Å². The minimum Gasteiger partial charge on any atom is -0.354 e. The molecule has 2 heterocycles. The van der Waals surface area contributed by atoms with Gasteiger partial charge in [-0.25, -0.2) is 9.07 Å². The van der Waals surface area contributed by atoms with Crippen LogP contribution >= 0.6 is 0 Å². The maximum absolute atomic E-state index is 13.7. The van der Waals surface area contributed by atoms with Gasteiger partial charge in [0.1, 0.15) is 11.6 Å². The molecule has 3 aromatic rings. The van der Waals surface area contributed by atoms with E-state index < -0.39 is 0 Å². The highest BCUT2D eigenvalue weighted by Crippen LogP contribution is 2.31. The molecule has 0 radical (unpaired) electrons. The van der Waals surface area contributed by atoms with Crippen molar-refractivity contribution in [3.05, 3.63) is 76.2 Å². The van der Waals surface area contributed by atoms with Gasteiger partial charge in [-0.3, -0.25) is 4.90 Å². The molecular formula is C30H42FN5. The number of halogens is 1. The number of anilines is 1. The van der Waals surface area contributed by atoms with Crippen molar-refractivity contribution in [2.24, 2.45) is 0 Å². The number of rotatable bonds is 9. The Morgan fingerprint density at radius 1 is 0.944 bits per heavy atom. The molecule has 1 saturated heterocycles. The summed E-state index contributed by atoms with van der Waals surface area (Å²) in [5, 5.41) is 5.01. The molecule has 2 aromatic carbocycles. The van der Waals surface area contributed by atoms with Gasteiger partial charge in [0.15, 0.2) is 0 Å². The van der Waals surface area contributed by atoms with Gasteiger partial charge in [-0.2, -0.15) is 5.10 Å². The quantitative estimate of drug-likeness (QED) is 0.374. The third-order valence-corrected chi connectivity index (χ3v) is 7.79. The summed E-state index contributed by atoms with van der Waals surface area (Å²) in [5.74, 6) is 0.932. The van der Waals surface area contributed by atoms with Crippen LogP contribution in [0.25, 0.3) is 5.69 Å². The van der Waals surface area contributed by atoms with Crippen LogP contribution in [-0.2, 0) is 13.1 Å². The molecule has 0 amide bonds. The zero-order valence-corrected chi connectivity index (χ0v) is 22.9. The van der Waals surface area contributed by atoms with Crippen molar-refractivity contribution >= 4 is 5.82 Å². The summed E-state index contributed by atoms with van der Waals surface area (Å²) in [7, 11) is 0. The fourth-order valence-corrected chi connectivity index (χ4v) is 5.17. The minimum absolute atomic E-state index is 0.225. The smallest absolute Gasteiger partial charge is 0.137 e. The van der Waals surface area contributed by atoms with Crippen molar-refractivity contribution in [2.45, 2.75) is 67.1 Å². The molecule has 5 nitrogen and oxygen atoms in total. The van der Waals surface area contributed by atoms with Crippen LogP contribution in [0, 0.1) is 26.6 Å².